The molecule has 0 aromatic heterocycles. The van der Waals surface area contributed by atoms with Crippen LogP contribution in [0.4, 0.5) is 0 Å². The number of amides is 1. The minimum Gasteiger partial charge on any atom is -0.348 e. The van der Waals surface area contributed by atoms with Crippen LogP contribution >= 0.6 is 0 Å². The third kappa shape index (κ3) is 5.09. The number of rotatable bonds is 7. The van der Waals surface area contributed by atoms with Gasteiger partial charge in [-0.05, 0) is 74.2 Å². The highest BCUT2D eigenvalue weighted by atomic mass is 32.2. The van der Waals surface area contributed by atoms with Gasteiger partial charge in [-0.1, -0.05) is 24.3 Å². The molecule has 7 heteroatoms. The second kappa shape index (κ2) is 9.29. The van der Waals surface area contributed by atoms with Crippen molar-refractivity contribution in [1.29, 1.82) is 0 Å². The third-order valence-corrected chi connectivity index (χ3v) is 7.66. The lowest BCUT2D eigenvalue weighted by molar-refractivity contribution is 0.0950. The molecule has 0 spiro atoms. The number of carbonyl (C=O) groups excluding carboxylic acids is 1. The lowest BCUT2D eigenvalue weighted by Crippen LogP contribution is -2.26. The van der Waals surface area contributed by atoms with E-state index in [0.29, 0.717) is 17.7 Å². The summed E-state index contributed by atoms with van der Waals surface area (Å²) in [5.41, 5.74) is 4.07. The molecule has 162 valence electrons. The predicted octanol–water partition coefficient (Wildman–Crippen LogP) is 3.08. The van der Waals surface area contributed by atoms with Gasteiger partial charge in [0.2, 0.25) is 10.0 Å². The zero-order chi connectivity index (χ0) is 21.9. The zero-order valence-corrected chi connectivity index (χ0v) is 19.1. The maximum Gasteiger partial charge on any atom is 0.251 e. The highest BCUT2D eigenvalue weighted by Crippen LogP contribution is 2.23. The van der Waals surface area contributed by atoms with E-state index in [1.165, 1.54) is 56.0 Å². The maximum absolute atomic E-state index is 12.7. The van der Waals surface area contributed by atoms with Crippen molar-refractivity contribution in [2.24, 2.45) is 0 Å². The monoisotopic (exact) mass is 429 g/mol. The smallest absolute Gasteiger partial charge is 0.251 e. The molecule has 0 bridgehead atoms. The molecule has 30 heavy (non-hydrogen) atoms. The first kappa shape index (κ1) is 22.5. The summed E-state index contributed by atoms with van der Waals surface area (Å²) in [6.07, 6.45) is 2.56. The van der Waals surface area contributed by atoms with Crippen molar-refractivity contribution in [2.75, 3.05) is 27.2 Å². The molecule has 0 aliphatic carbocycles. The van der Waals surface area contributed by atoms with Crippen LogP contribution in [0.15, 0.2) is 41.3 Å². The molecule has 2 aromatic carbocycles. The fourth-order valence-corrected chi connectivity index (χ4v) is 4.89. The van der Waals surface area contributed by atoms with Crippen LogP contribution in [0.3, 0.4) is 0 Å². The van der Waals surface area contributed by atoms with Crippen LogP contribution < -0.4 is 5.32 Å². The Labute approximate surface area is 179 Å². The van der Waals surface area contributed by atoms with Crippen LogP contribution in [0.2, 0.25) is 0 Å². The van der Waals surface area contributed by atoms with Gasteiger partial charge < -0.3 is 5.32 Å². The lowest BCUT2D eigenvalue weighted by atomic mass is 10.1. The summed E-state index contributed by atoms with van der Waals surface area (Å²) in [4.78, 5) is 15.3. The number of likely N-dealkylation sites (tertiary alicyclic amines) is 1. The molecule has 1 heterocycles. The molecule has 1 N–H and O–H groups in total. The second-order valence-electron chi connectivity index (χ2n) is 8.19. The van der Waals surface area contributed by atoms with Gasteiger partial charge in [0.15, 0.2) is 0 Å². The topological polar surface area (TPSA) is 69.7 Å². The lowest BCUT2D eigenvalue weighted by Gasteiger charge is -2.17. The molecule has 0 radical (unpaired) electrons. The molecule has 1 aliphatic rings. The number of carbonyl (C=O) groups is 1. The molecule has 2 aromatic rings. The number of hydrogen-bond acceptors (Lipinski definition) is 4. The Hall–Kier alpha value is -2.22. The van der Waals surface area contributed by atoms with Crippen molar-refractivity contribution in [1.82, 2.24) is 14.5 Å². The summed E-state index contributed by atoms with van der Waals surface area (Å²) in [6.45, 7) is 7.28. The van der Waals surface area contributed by atoms with Crippen molar-refractivity contribution >= 4 is 15.9 Å². The number of benzene rings is 2. The van der Waals surface area contributed by atoms with Gasteiger partial charge in [0.1, 0.15) is 0 Å². The van der Waals surface area contributed by atoms with Gasteiger partial charge in [0.25, 0.3) is 5.91 Å². The van der Waals surface area contributed by atoms with E-state index in [-0.39, 0.29) is 10.8 Å². The average Bonchev–Trinajstić information content (AvgIpc) is 3.22. The average molecular weight is 430 g/mol. The van der Waals surface area contributed by atoms with Crippen molar-refractivity contribution in [3.05, 3.63) is 64.2 Å². The van der Waals surface area contributed by atoms with Crippen LogP contribution in [0.5, 0.6) is 0 Å². The number of aryl methyl sites for hydroxylation is 1. The van der Waals surface area contributed by atoms with E-state index >= 15 is 0 Å². The van der Waals surface area contributed by atoms with Gasteiger partial charge in [0, 0.05) is 32.7 Å². The molecule has 0 unspecified atom stereocenters. The molecular formula is C23H31N3O3S. The maximum atomic E-state index is 12.7. The minimum atomic E-state index is -3.62. The summed E-state index contributed by atoms with van der Waals surface area (Å²) in [7, 11) is -0.638. The van der Waals surface area contributed by atoms with Crippen molar-refractivity contribution < 1.29 is 13.2 Å². The van der Waals surface area contributed by atoms with E-state index in [0.717, 1.165) is 17.7 Å². The van der Waals surface area contributed by atoms with E-state index in [9.17, 15) is 13.2 Å². The first-order valence-electron chi connectivity index (χ1n) is 10.3. The summed E-state index contributed by atoms with van der Waals surface area (Å²) < 4.78 is 26.4. The Morgan fingerprint density at radius 2 is 1.63 bits per heavy atom. The number of nitrogens with one attached hydrogen (secondary N) is 1. The van der Waals surface area contributed by atoms with Crippen LogP contribution in [0.25, 0.3) is 0 Å². The number of hydrogen-bond donors (Lipinski definition) is 1. The van der Waals surface area contributed by atoms with Crippen LogP contribution in [0, 0.1) is 13.8 Å². The van der Waals surface area contributed by atoms with E-state index in [1.807, 2.05) is 19.1 Å². The zero-order valence-electron chi connectivity index (χ0n) is 18.2. The third-order valence-electron chi connectivity index (χ3n) is 5.72. The molecular weight excluding hydrogens is 398 g/mol. The second-order valence-corrected chi connectivity index (χ2v) is 10.3. The highest BCUT2D eigenvalue weighted by Gasteiger charge is 2.23. The quantitative estimate of drug-likeness (QED) is 0.734. The standard InChI is InChI=1S/C23H31N3O3S/c1-17-13-21(14-22(18(17)2)30(28,29)25(3)4)23(27)24-15-19-7-9-20(10-8-19)16-26-11-5-6-12-26/h7-10,13-14H,5-6,11-12,15-16H2,1-4H3,(H,24,27). The Morgan fingerprint density at radius 1 is 1.03 bits per heavy atom. The molecule has 1 aliphatic heterocycles. The van der Waals surface area contributed by atoms with E-state index < -0.39 is 10.0 Å². The first-order chi connectivity index (χ1) is 14.2. The molecule has 1 saturated heterocycles. The van der Waals surface area contributed by atoms with E-state index in [1.54, 1.807) is 13.0 Å². The van der Waals surface area contributed by atoms with Gasteiger partial charge in [-0.25, -0.2) is 12.7 Å². The molecule has 1 fully saturated rings. The first-order valence-corrected chi connectivity index (χ1v) is 11.7. The molecule has 0 saturated carbocycles. The Balaban J connectivity index is 1.68. The summed E-state index contributed by atoms with van der Waals surface area (Å²) in [6, 6.07) is 11.5. The number of nitrogens with zero attached hydrogens (tertiary/aromatic N) is 2. The summed E-state index contributed by atoms with van der Waals surface area (Å²) in [5.74, 6) is -0.283. The normalized spacial score (nSPS) is 15.0. The SMILES string of the molecule is Cc1cc(C(=O)NCc2ccc(CN3CCCC3)cc2)cc(S(=O)(=O)N(C)C)c1C. The van der Waals surface area contributed by atoms with Gasteiger partial charge in [-0.2, -0.15) is 0 Å². The Bertz CT molecular complexity index is 1010. The summed E-state index contributed by atoms with van der Waals surface area (Å²) >= 11 is 0. The van der Waals surface area contributed by atoms with Crippen molar-refractivity contribution in [3.8, 4) is 0 Å². The largest absolute Gasteiger partial charge is 0.348 e. The van der Waals surface area contributed by atoms with Crippen LogP contribution in [0.1, 0.15) is 45.5 Å². The van der Waals surface area contributed by atoms with Crippen molar-refractivity contribution in [3.63, 3.8) is 0 Å². The highest BCUT2D eigenvalue weighted by molar-refractivity contribution is 7.89. The van der Waals surface area contributed by atoms with Gasteiger partial charge >= 0.3 is 0 Å². The Kier molecular flexibility index (Phi) is 6.95. The van der Waals surface area contributed by atoms with E-state index in [2.05, 4.69) is 22.3 Å². The Morgan fingerprint density at radius 3 is 2.23 bits per heavy atom. The minimum absolute atomic E-state index is 0.170. The molecule has 6 nitrogen and oxygen atoms in total. The molecule has 0 atom stereocenters. The van der Waals surface area contributed by atoms with Gasteiger partial charge in [0.05, 0.1) is 4.90 Å². The number of sulfonamides is 1. The van der Waals surface area contributed by atoms with Crippen LogP contribution in [-0.2, 0) is 23.1 Å². The van der Waals surface area contributed by atoms with Gasteiger partial charge in [-0.3, -0.25) is 9.69 Å². The van der Waals surface area contributed by atoms with Crippen LogP contribution in [-0.4, -0.2) is 50.7 Å². The molecule has 1 amide bonds. The summed E-state index contributed by atoms with van der Waals surface area (Å²) in [5, 5.41) is 2.90. The fraction of sp³-hybridized carbons (Fsp3) is 0.435. The van der Waals surface area contributed by atoms with E-state index in [4.69, 9.17) is 0 Å². The fourth-order valence-electron chi connectivity index (χ4n) is 3.67. The molecule has 3 rings (SSSR count). The van der Waals surface area contributed by atoms with Crippen molar-refractivity contribution in [2.45, 2.75) is 44.7 Å². The predicted molar refractivity (Wildman–Crippen MR) is 119 cm³/mol. The van der Waals surface area contributed by atoms with Gasteiger partial charge in [-0.15, -0.1) is 0 Å².